The molecule has 0 saturated carbocycles. The number of aliphatic carboxylic acids is 1. The van der Waals surface area contributed by atoms with Crippen molar-refractivity contribution in [2.75, 3.05) is 11.8 Å². The van der Waals surface area contributed by atoms with Crippen molar-refractivity contribution in [2.24, 2.45) is 0 Å². The summed E-state index contributed by atoms with van der Waals surface area (Å²) in [7, 11) is 0. The Morgan fingerprint density at radius 3 is 3.00 bits per heavy atom. The number of carbonyl (C=O) groups is 1. The molecule has 1 aromatic rings. The molecule has 0 aliphatic heterocycles. The van der Waals surface area contributed by atoms with Gasteiger partial charge in [0.15, 0.2) is 5.82 Å². The Labute approximate surface area is 93.7 Å². The van der Waals surface area contributed by atoms with Crippen LogP contribution in [0.2, 0.25) is 0 Å². The van der Waals surface area contributed by atoms with Crippen molar-refractivity contribution in [3.63, 3.8) is 0 Å². The molecule has 7 heteroatoms. The van der Waals surface area contributed by atoms with E-state index in [1.165, 1.54) is 6.20 Å². The Hall–Kier alpha value is -0.690. The molecule has 0 aromatic carbocycles. The number of hydrogen-bond donors (Lipinski definition) is 2. The van der Waals surface area contributed by atoms with E-state index in [0.717, 1.165) is 0 Å². The summed E-state index contributed by atoms with van der Waals surface area (Å²) in [5, 5.41) is 10.6. The second-order valence-electron chi connectivity index (χ2n) is 1.89. The number of aromatic nitrogens is 2. The van der Waals surface area contributed by atoms with E-state index < -0.39 is 12.5 Å². The zero-order chi connectivity index (χ0) is 11.6. The first-order valence-electron chi connectivity index (χ1n) is 4.02. The third kappa shape index (κ3) is 3.27. The van der Waals surface area contributed by atoms with Crippen LogP contribution in [0.3, 0.4) is 0 Å². The molecular weight excluding hydrogens is 306 g/mol. The Morgan fingerprint density at radius 1 is 1.77 bits per heavy atom. The summed E-state index contributed by atoms with van der Waals surface area (Å²) < 4.78 is 14.9. The van der Waals surface area contributed by atoms with Gasteiger partial charge in [-0.25, -0.2) is 9.97 Å². The quantitative estimate of drug-likeness (QED) is 0.884. The van der Waals surface area contributed by atoms with Gasteiger partial charge in [-0.05, 0) is 31.9 Å². The lowest BCUT2D eigenvalue weighted by atomic mass is 10.6. The van der Waals surface area contributed by atoms with Crippen LogP contribution in [0, 0.1) is 0 Å². The summed E-state index contributed by atoms with van der Waals surface area (Å²) in [5.74, 6) is -1.61. The number of hydrogen-bond acceptors (Lipinski definition) is 4. The van der Waals surface area contributed by atoms with Crippen molar-refractivity contribution in [3.8, 4) is 0 Å². The van der Waals surface area contributed by atoms with Crippen LogP contribution in [0.4, 0.5) is 5.82 Å². The molecule has 0 saturated heterocycles. The highest BCUT2D eigenvalue weighted by molar-refractivity contribution is 9.11. The maximum Gasteiger partial charge on any atom is 0.322 e. The zero-order valence-electron chi connectivity index (χ0n) is 8.08. The first-order chi connectivity index (χ1) is 6.83. The number of carboxylic acids is 1. The normalized spacial score (nSPS) is 13.1. The smallest absolute Gasteiger partial charge is 0.322 e. The summed E-state index contributed by atoms with van der Waals surface area (Å²) in [6, 6.07) is 0. The van der Waals surface area contributed by atoms with Gasteiger partial charge in [-0.15, -0.1) is 0 Å². The van der Waals surface area contributed by atoms with E-state index in [-0.39, 0.29) is 10.4 Å². The molecule has 70 valence electrons. The Bertz CT molecular complexity index is 402. The molecular formula is C6H5Br2N3O2. The number of nitrogens with zero attached hydrogens (tertiary/aromatic N) is 2. The molecule has 5 nitrogen and oxygen atoms in total. The molecule has 0 fully saturated rings. The van der Waals surface area contributed by atoms with Gasteiger partial charge in [0.1, 0.15) is 15.7 Å². The molecule has 1 rings (SSSR count). The number of nitrogens with one attached hydrogen (secondary N) is 1. The van der Waals surface area contributed by atoms with Crippen LogP contribution in [0.5, 0.6) is 0 Å². The molecule has 0 bridgehead atoms. The molecule has 13 heavy (non-hydrogen) atoms. The number of halogens is 2. The van der Waals surface area contributed by atoms with Crippen molar-refractivity contribution in [1.82, 2.24) is 9.97 Å². The molecule has 0 atom stereocenters. The van der Waals surface area contributed by atoms with E-state index in [2.05, 4.69) is 47.1 Å². The predicted octanol–water partition coefficient (Wildman–Crippen LogP) is 1.50. The van der Waals surface area contributed by atoms with Gasteiger partial charge in [0, 0.05) is 0 Å². The van der Waals surface area contributed by atoms with Gasteiger partial charge in [0.25, 0.3) is 0 Å². The van der Waals surface area contributed by atoms with E-state index in [1.807, 2.05) is 0 Å². The third-order valence-corrected chi connectivity index (χ3v) is 1.92. The van der Waals surface area contributed by atoms with Gasteiger partial charge in [0.05, 0.1) is 8.94 Å². The molecule has 0 aliphatic rings. The molecule has 1 heterocycles. The Morgan fingerprint density at radius 2 is 2.46 bits per heavy atom. The molecule has 0 aliphatic carbocycles. The van der Waals surface area contributed by atoms with Gasteiger partial charge in [-0.1, -0.05) is 0 Å². The second kappa shape index (κ2) is 4.52. The third-order valence-electron chi connectivity index (χ3n) is 0.988. The van der Waals surface area contributed by atoms with Crippen LogP contribution in [0.1, 0.15) is 2.74 Å². The Kier molecular flexibility index (Phi) is 2.67. The van der Waals surface area contributed by atoms with E-state index in [1.54, 1.807) is 0 Å². The van der Waals surface area contributed by atoms with Gasteiger partial charge < -0.3 is 10.4 Å². The topological polar surface area (TPSA) is 75.1 Å². The van der Waals surface area contributed by atoms with E-state index in [0.29, 0.717) is 4.60 Å². The maximum absolute atomic E-state index is 10.5. The lowest BCUT2D eigenvalue weighted by Gasteiger charge is -2.03. The molecule has 0 amide bonds. The van der Waals surface area contributed by atoms with Crippen LogP contribution in [0.15, 0.2) is 15.4 Å². The van der Waals surface area contributed by atoms with Gasteiger partial charge >= 0.3 is 5.97 Å². The minimum Gasteiger partial charge on any atom is -0.480 e. The van der Waals surface area contributed by atoms with Crippen LogP contribution < -0.4 is 5.32 Å². The van der Waals surface area contributed by atoms with Crippen molar-refractivity contribution < 1.29 is 12.6 Å². The fourth-order valence-corrected chi connectivity index (χ4v) is 1.45. The average molecular weight is 313 g/mol. The van der Waals surface area contributed by atoms with E-state index >= 15 is 0 Å². The molecule has 2 N–H and O–H groups in total. The van der Waals surface area contributed by atoms with Gasteiger partial charge in [-0.2, -0.15) is 0 Å². The number of carboxylic acid groups (broad SMARTS) is 1. The average Bonchev–Trinajstić information content (AvgIpc) is 2.09. The second-order valence-corrected chi connectivity index (χ2v) is 3.45. The van der Waals surface area contributed by atoms with E-state index in [4.69, 9.17) is 7.85 Å². The van der Waals surface area contributed by atoms with Crippen LogP contribution >= 0.6 is 31.9 Å². The highest BCUT2D eigenvalue weighted by Crippen LogP contribution is 2.18. The van der Waals surface area contributed by atoms with Crippen molar-refractivity contribution in [2.45, 2.75) is 0 Å². The van der Waals surface area contributed by atoms with Crippen LogP contribution in [-0.4, -0.2) is 27.5 Å². The zero-order valence-corrected chi connectivity index (χ0v) is 9.26. The predicted molar refractivity (Wildman–Crippen MR) is 53.6 cm³/mol. The molecule has 1 aromatic heterocycles. The minimum absolute atomic E-state index is 0.0191. The maximum atomic E-state index is 10.5. The SMILES string of the molecule is [2H]C([2H])(Nc1ncc(Br)nc1Br)C(=O)O. The first kappa shape index (κ1) is 7.69. The first-order valence-corrected chi connectivity index (χ1v) is 4.61. The molecule has 0 unspecified atom stereocenters. The number of anilines is 1. The van der Waals surface area contributed by atoms with Crippen molar-refractivity contribution in [3.05, 3.63) is 15.4 Å². The highest BCUT2D eigenvalue weighted by Gasteiger charge is 2.04. The number of rotatable bonds is 3. The fraction of sp³-hybridized carbons (Fsp3) is 0.167. The van der Waals surface area contributed by atoms with Crippen LogP contribution in [-0.2, 0) is 4.79 Å². The van der Waals surface area contributed by atoms with E-state index in [9.17, 15) is 4.79 Å². The largest absolute Gasteiger partial charge is 0.480 e. The standard InChI is InChI=1S/C6H5Br2N3O2/c7-3-1-9-6(5(8)11-3)10-2-4(12)13/h1H,2H2,(H,9,10)(H,12,13)/i2D2. The van der Waals surface area contributed by atoms with Crippen LogP contribution in [0.25, 0.3) is 0 Å². The Balaban J connectivity index is 2.95. The highest BCUT2D eigenvalue weighted by atomic mass is 79.9. The summed E-state index contributed by atoms with van der Waals surface area (Å²) in [6.45, 7) is -2.59. The fourth-order valence-electron chi connectivity index (χ4n) is 0.543. The summed E-state index contributed by atoms with van der Waals surface area (Å²) in [5.41, 5.74) is 0. The monoisotopic (exact) mass is 311 g/mol. The lowest BCUT2D eigenvalue weighted by Crippen LogP contribution is -2.13. The lowest BCUT2D eigenvalue weighted by molar-refractivity contribution is -0.134. The van der Waals surface area contributed by atoms with Crippen molar-refractivity contribution >= 4 is 43.6 Å². The summed E-state index contributed by atoms with van der Waals surface area (Å²) >= 11 is 6.09. The van der Waals surface area contributed by atoms with Crippen molar-refractivity contribution in [1.29, 1.82) is 0 Å². The van der Waals surface area contributed by atoms with Gasteiger partial charge in [0.2, 0.25) is 0 Å². The minimum atomic E-state index is -2.59. The summed E-state index contributed by atoms with van der Waals surface area (Å²) in [4.78, 5) is 18.1. The molecule has 0 spiro atoms. The molecule has 0 radical (unpaired) electrons. The summed E-state index contributed by atoms with van der Waals surface area (Å²) in [6.07, 6.45) is 1.32. The van der Waals surface area contributed by atoms with Gasteiger partial charge in [-0.3, -0.25) is 4.79 Å².